The highest BCUT2D eigenvalue weighted by Crippen LogP contribution is 2.29. The second-order valence-corrected chi connectivity index (χ2v) is 5.58. The van der Waals surface area contributed by atoms with E-state index in [1.165, 1.54) is 9.80 Å². The molecule has 3 rings (SSSR count). The Bertz CT molecular complexity index is 703. The minimum Gasteiger partial charge on any atom is -0.270 e. The molecule has 116 valence electrons. The van der Waals surface area contributed by atoms with E-state index in [1.54, 1.807) is 13.1 Å². The molecule has 0 aliphatic carbocycles. The van der Waals surface area contributed by atoms with E-state index in [2.05, 4.69) is 11.6 Å². The number of imide groups is 1. The van der Waals surface area contributed by atoms with Crippen LogP contribution in [0.25, 0.3) is 0 Å². The molecule has 3 amide bonds. The maximum atomic E-state index is 12.7. The van der Waals surface area contributed by atoms with Gasteiger partial charge in [0.25, 0.3) is 5.91 Å². The zero-order valence-corrected chi connectivity index (χ0v) is 13.1. The van der Waals surface area contributed by atoms with Crippen molar-refractivity contribution >= 4 is 23.7 Å². The van der Waals surface area contributed by atoms with Crippen molar-refractivity contribution in [3.63, 3.8) is 0 Å². The van der Waals surface area contributed by atoms with Crippen molar-refractivity contribution in [2.24, 2.45) is 4.99 Å². The molecule has 2 aliphatic heterocycles. The molecule has 0 aromatic carbocycles. The Kier molecular flexibility index (Phi) is 3.35. The zero-order chi connectivity index (χ0) is 16.0. The first kappa shape index (κ1) is 14.5. The van der Waals surface area contributed by atoms with Crippen molar-refractivity contribution in [3.05, 3.63) is 24.5 Å². The molecule has 1 atom stereocenters. The van der Waals surface area contributed by atoms with E-state index < -0.39 is 6.04 Å². The monoisotopic (exact) mass is 302 g/mol. The van der Waals surface area contributed by atoms with Crippen molar-refractivity contribution in [1.29, 1.82) is 0 Å². The minimum atomic E-state index is -0.547. The van der Waals surface area contributed by atoms with Crippen LogP contribution in [0.2, 0.25) is 0 Å². The van der Waals surface area contributed by atoms with Gasteiger partial charge in [-0.1, -0.05) is 24.6 Å². The molecule has 1 unspecified atom stereocenters. The fourth-order valence-electron chi connectivity index (χ4n) is 3.01. The van der Waals surface area contributed by atoms with Crippen molar-refractivity contribution < 1.29 is 14.2 Å². The number of aromatic nitrogens is 2. The number of urea groups is 1. The molecule has 0 N–H and O–H groups in total. The number of allylic oxidation sites excluding steroid dienone is 1. The van der Waals surface area contributed by atoms with Gasteiger partial charge in [-0.3, -0.25) is 14.6 Å². The highest BCUT2D eigenvalue weighted by Gasteiger charge is 2.52. The van der Waals surface area contributed by atoms with Gasteiger partial charge in [-0.05, 0) is 13.3 Å². The third-order valence-corrected chi connectivity index (χ3v) is 4.08. The van der Waals surface area contributed by atoms with Crippen molar-refractivity contribution in [1.82, 2.24) is 14.4 Å². The molecule has 0 spiro atoms. The van der Waals surface area contributed by atoms with Gasteiger partial charge in [-0.25, -0.2) is 13.9 Å². The lowest BCUT2D eigenvalue weighted by molar-refractivity contribution is -0.677. The van der Waals surface area contributed by atoms with Gasteiger partial charge in [0.15, 0.2) is 0 Å². The second-order valence-electron chi connectivity index (χ2n) is 5.58. The van der Waals surface area contributed by atoms with Crippen LogP contribution in [0.5, 0.6) is 0 Å². The lowest BCUT2D eigenvalue weighted by Gasteiger charge is -2.32. The van der Waals surface area contributed by atoms with Crippen LogP contribution in [-0.4, -0.2) is 45.7 Å². The first-order valence-electron chi connectivity index (χ1n) is 7.41. The summed E-state index contributed by atoms with van der Waals surface area (Å²) in [6, 6.07) is -0.853. The predicted octanol–water partition coefficient (Wildman–Crippen LogP) is 1.16. The molecule has 0 radical (unpaired) electrons. The summed E-state index contributed by atoms with van der Waals surface area (Å²) < 4.78 is 3.83. The maximum Gasteiger partial charge on any atom is 0.402 e. The summed E-state index contributed by atoms with van der Waals surface area (Å²) in [5.74, 6) is 0.974. The number of rotatable bonds is 4. The largest absolute Gasteiger partial charge is 0.402 e. The SMILES string of the molecule is C=CCn1c(C)c[n+]2c1N=C1C2C(=O)N(CCC)C(=O)N1C. The summed E-state index contributed by atoms with van der Waals surface area (Å²) in [4.78, 5) is 32.4. The quantitative estimate of drug-likeness (QED) is 0.619. The van der Waals surface area contributed by atoms with Gasteiger partial charge < -0.3 is 0 Å². The van der Waals surface area contributed by atoms with E-state index in [0.29, 0.717) is 24.9 Å². The maximum absolute atomic E-state index is 12.7. The lowest BCUT2D eigenvalue weighted by Crippen LogP contribution is -2.62. The lowest BCUT2D eigenvalue weighted by atomic mass is 10.1. The van der Waals surface area contributed by atoms with E-state index >= 15 is 0 Å². The molecular weight excluding hydrogens is 282 g/mol. The van der Waals surface area contributed by atoms with Gasteiger partial charge in [0.2, 0.25) is 11.9 Å². The van der Waals surface area contributed by atoms with Gasteiger partial charge in [0.05, 0.1) is 6.54 Å². The van der Waals surface area contributed by atoms with Gasteiger partial charge in [-0.15, -0.1) is 0 Å². The normalized spacial score (nSPS) is 20.1. The van der Waals surface area contributed by atoms with Crippen LogP contribution >= 0.6 is 0 Å². The molecule has 3 heterocycles. The summed E-state index contributed by atoms with van der Waals surface area (Å²) in [6.07, 6.45) is 4.43. The fourth-order valence-corrected chi connectivity index (χ4v) is 3.01. The van der Waals surface area contributed by atoms with Gasteiger partial charge in [0, 0.05) is 13.6 Å². The van der Waals surface area contributed by atoms with E-state index in [4.69, 9.17) is 0 Å². The first-order chi connectivity index (χ1) is 10.5. The van der Waals surface area contributed by atoms with Crippen molar-refractivity contribution in [2.45, 2.75) is 32.9 Å². The van der Waals surface area contributed by atoms with Crippen LogP contribution in [0.15, 0.2) is 23.8 Å². The van der Waals surface area contributed by atoms with Gasteiger partial charge in [0.1, 0.15) is 11.9 Å². The van der Waals surface area contributed by atoms with Crippen LogP contribution in [0.4, 0.5) is 10.7 Å². The standard InChI is InChI=1S/C15H20N5O2/c1-5-7-18-10(3)9-20-11-12(16-14(18)20)17(4)15(22)19(8-6-2)13(11)21/h5,9,11H,1,6-8H2,2-4H3/q+1. The average Bonchev–Trinajstić information content (AvgIpc) is 2.99. The summed E-state index contributed by atoms with van der Waals surface area (Å²) >= 11 is 0. The molecule has 1 aromatic heterocycles. The number of aryl methyl sites for hydroxylation is 1. The highest BCUT2D eigenvalue weighted by molar-refractivity contribution is 6.19. The van der Waals surface area contributed by atoms with E-state index in [-0.39, 0.29) is 11.9 Å². The van der Waals surface area contributed by atoms with E-state index in [9.17, 15) is 9.59 Å². The molecular formula is C15H20N5O2+. The van der Waals surface area contributed by atoms with Crippen molar-refractivity contribution in [3.8, 4) is 0 Å². The summed E-state index contributed by atoms with van der Waals surface area (Å²) in [5.41, 5.74) is 1.01. The van der Waals surface area contributed by atoms with Crippen LogP contribution in [0.1, 0.15) is 25.1 Å². The Morgan fingerprint density at radius 1 is 1.45 bits per heavy atom. The zero-order valence-electron chi connectivity index (χ0n) is 13.1. The smallest absolute Gasteiger partial charge is 0.270 e. The van der Waals surface area contributed by atoms with Gasteiger partial charge in [-0.2, -0.15) is 0 Å². The Morgan fingerprint density at radius 2 is 2.18 bits per heavy atom. The van der Waals surface area contributed by atoms with E-state index in [1.807, 2.05) is 29.2 Å². The van der Waals surface area contributed by atoms with Crippen LogP contribution < -0.4 is 4.57 Å². The summed E-state index contributed by atoms with van der Waals surface area (Å²) in [5, 5.41) is 0. The minimum absolute atomic E-state index is 0.205. The molecule has 7 heteroatoms. The Labute approximate surface area is 129 Å². The molecule has 7 nitrogen and oxygen atoms in total. The molecule has 22 heavy (non-hydrogen) atoms. The molecule has 1 fully saturated rings. The summed E-state index contributed by atoms with van der Waals surface area (Å²) in [7, 11) is 1.67. The van der Waals surface area contributed by atoms with E-state index in [0.717, 1.165) is 12.1 Å². The third-order valence-electron chi connectivity index (χ3n) is 4.08. The molecule has 1 saturated heterocycles. The van der Waals surface area contributed by atoms with Crippen LogP contribution in [0.3, 0.4) is 0 Å². The molecule has 1 aromatic rings. The van der Waals surface area contributed by atoms with Crippen LogP contribution in [0, 0.1) is 6.92 Å². The first-order valence-corrected chi connectivity index (χ1v) is 7.41. The second kappa shape index (κ2) is 5.08. The van der Waals surface area contributed by atoms with Crippen LogP contribution in [-0.2, 0) is 11.3 Å². The number of fused-ring (bicyclic) bond motifs is 3. The number of carbonyl (C=O) groups is 2. The Morgan fingerprint density at radius 3 is 2.82 bits per heavy atom. The number of nitrogens with zero attached hydrogens (tertiary/aromatic N) is 5. The Balaban J connectivity index is 2.10. The van der Waals surface area contributed by atoms with Crippen molar-refractivity contribution in [2.75, 3.05) is 13.6 Å². The fraction of sp³-hybridized carbons (Fsp3) is 0.467. The molecule has 0 saturated carbocycles. The average molecular weight is 302 g/mol. The molecule has 2 aliphatic rings. The number of hydrogen-bond acceptors (Lipinski definition) is 3. The number of amidine groups is 1. The van der Waals surface area contributed by atoms with Gasteiger partial charge >= 0.3 is 12.0 Å². The number of hydrogen-bond donors (Lipinski definition) is 0. The number of carbonyl (C=O) groups excluding carboxylic acids is 2. The number of imidazole rings is 1. The Hall–Kier alpha value is -2.44. The molecule has 0 bridgehead atoms. The topological polar surface area (TPSA) is 61.8 Å². The number of amides is 3. The highest BCUT2D eigenvalue weighted by atomic mass is 16.2. The number of likely N-dealkylation sites (N-methyl/N-ethyl adjacent to an activating group) is 1. The predicted molar refractivity (Wildman–Crippen MR) is 80.9 cm³/mol. The summed E-state index contributed by atoms with van der Waals surface area (Å²) in [6.45, 7) is 8.71. The number of aliphatic imine (C=N–C) groups is 1. The third kappa shape index (κ3) is 1.81.